The van der Waals surface area contributed by atoms with Crippen molar-refractivity contribution in [2.24, 2.45) is 25.0 Å². The van der Waals surface area contributed by atoms with Crippen molar-refractivity contribution in [1.82, 2.24) is 34.7 Å². The minimum absolute atomic E-state index is 0.115. The van der Waals surface area contributed by atoms with Gasteiger partial charge in [0.25, 0.3) is 5.91 Å². The maximum Gasteiger partial charge on any atom is 0.253 e. The maximum absolute atomic E-state index is 12.5. The summed E-state index contributed by atoms with van der Waals surface area (Å²) in [6.45, 7) is 29.7. The van der Waals surface area contributed by atoms with Crippen LogP contribution < -0.4 is 23.8 Å². The first-order chi connectivity index (χ1) is 62.8. The Hall–Kier alpha value is -14.3. The molecule has 0 unspecified atom stereocenters. The lowest BCUT2D eigenvalue weighted by Gasteiger charge is -2.18. The minimum atomic E-state index is 0.115. The second-order valence-corrected chi connectivity index (χ2v) is 33.4. The number of carbonyl (C=O) groups excluding carboxylic acids is 1. The van der Waals surface area contributed by atoms with Crippen LogP contribution in [-0.2, 0) is 23.7 Å². The summed E-state index contributed by atoms with van der Waals surface area (Å²) in [5.74, 6) is 7.23. The number of likely N-dealkylation sites (tertiary alicyclic amines) is 2. The Labute approximate surface area is 763 Å². The Balaban J connectivity index is 0.000000131. The van der Waals surface area contributed by atoms with Crippen LogP contribution >= 0.6 is 0 Å². The number of aromatic nitrogens is 5. The summed E-state index contributed by atoms with van der Waals surface area (Å²) < 4.78 is 50.1. The molecule has 130 heavy (non-hydrogen) atoms. The normalized spacial score (nSPS) is 17.0. The van der Waals surface area contributed by atoms with Gasteiger partial charge in [0.05, 0.1) is 71.2 Å². The molecule has 0 saturated carbocycles. The van der Waals surface area contributed by atoms with Crippen LogP contribution in [-0.4, -0.2) is 178 Å². The van der Waals surface area contributed by atoms with Gasteiger partial charge < -0.3 is 77.4 Å². The summed E-state index contributed by atoms with van der Waals surface area (Å²) in [7, 11) is 14.1. The van der Waals surface area contributed by atoms with Gasteiger partial charge in [0.2, 0.25) is 0 Å². The monoisotopic (exact) mass is 1750 g/mol. The number of aliphatic imine (C=N–C) groups is 5. The van der Waals surface area contributed by atoms with E-state index < -0.39 is 0 Å². The number of carbonyl (C=O) groups is 1. The van der Waals surface area contributed by atoms with Crippen LogP contribution in [0.2, 0.25) is 0 Å². The average molecular weight is 1750 g/mol. The molecule has 23 heteroatoms. The van der Waals surface area contributed by atoms with E-state index in [0.29, 0.717) is 13.2 Å². The van der Waals surface area contributed by atoms with E-state index in [9.17, 15) is 4.79 Å². The van der Waals surface area contributed by atoms with E-state index in [-0.39, 0.29) is 5.91 Å². The summed E-state index contributed by atoms with van der Waals surface area (Å²) in [4.78, 5) is 59.6. The van der Waals surface area contributed by atoms with E-state index in [1.54, 1.807) is 42.7 Å². The van der Waals surface area contributed by atoms with Crippen molar-refractivity contribution in [3.8, 4) is 23.0 Å². The standard InChI is InChI=1S/C24H29N3O2.C23H25N3O2.C20H23N3O.C20H20N2O3.C20H22N2O2/c1-17-14-18(2)25-21(17)15-23-24(28-3)16-22(26-23)19-6-8-20(9-7-19)29-13-12-27-10-4-5-11-27;1-15-12-16(2)24-19(15)13-21-22(28-3)14-20(25-21)17-6-8-18(9-7-17)23(27)26-10-4-5-11-26;1-13-10-14(2)21-17(13)11-19-20(24-5)12-18(22-19)15-6-8-16(9-7-15)23(3)4;1-12-8-13(2)21-15(12)10-17-19(23-3)11-16(22-17)14-4-5-18-20(9-14)25-7-6-24-18;1-12-8-14(3)21-16(12)10-18-20(24-5)11-17(22-18)15-6-7-19(23-4)13(2)9-15/h6-9,14-16,25H,4-5,10-13H2,1-3H3;6-9,12-14,24H,4-5,10-11H2,1-3H3;6-12,21H,1-5H3;4-5,8-11,21H,6-7H2,1-3H3;6-11,21H,1-5H3/b23-15-;21-13-;19-11-;17-10-;18-10-. The van der Waals surface area contributed by atoms with Gasteiger partial charge >= 0.3 is 0 Å². The third kappa shape index (κ3) is 22.6. The highest BCUT2D eigenvalue weighted by atomic mass is 16.6. The molecule has 8 aliphatic rings. The molecular weight excluding hydrogens is 1630 g/mol. The number of methoxy groups -OCH3 is 6. The van der Waals surface area contributed by atoms with Crippen LogP contribution in [0.4, 0.5) is 5.69 Å². The molecule has 23 nitrogen and oxygen atoms in total. The fourth-order valence-electron chi connectivity index (χ4n) is 16.4. The zero-order valence-electron chi connectivity index (χ0n) is 78.2. The highest BCUT2D eigenvalue weighted by Crippen LogP contribution is 2.37. The lowest BCUT2D eigenvalue weighted by molar-refractivity contribution is 0.0792. The third-order valence-electron chi connectivity index (χ3n) is 23.3. The number of hydrogen-bond donors (Lipinski definition) is 5. The highest BCUT2D eigenvalue weighted by molar-refractivity contribution is 6.15. The van der Waals surface area contributed by atoms with E-state index in [4.69, 9.17) is 67.6 Å². The zero-order valence-corrected chi connectivity index (χ0v) is 78.2. The lowest BCUT2D eigenvalue weighted by atomic mass is 10.1. The zero-order chi connectivity index (χ0) is 91.8. The van der Waals surface area contributed by atoms with E-state index in [1.165, 1.54) is 59.4 Å². The topological polar surface area (TPSA) is 251 Å². The number of ether oxygens (including phenoxy) is 9. The summed E-state index contributed by atoms with van der Waals surface area (Å²) in [6.07, 6.45) is 24.8. The molecule has 2 saturated heterocycles. The Morgan fingerprint density at radius 2 is 0.692 bits per heavy atom. The van der Waals surface area contributed by atoms with Crippen LogP contribution in [0.3, 0.4) is 0 Å². The number of amides is 1. The molecule has 8 aliphatic heterocycles. The van der Waals surface area contributed by atoms with Gasteiger partial charge in [-0.05, 0) is 294 Å². The average Bonchev–Trinajstić information content (AvgIpc) is 1.62. The summed E-state index contributed by atoms with van der Waals surface area (Å²) in [5, 5.41) is 0. The van der Waals surface area contributed by atoms with Crippen LogP contribution in [0.15, 0.2) is 252 Å². The second-order valence-electron chi connectivity index (χ2n) is 33.4. The number of nitrogens with zero attached hydrogens (tertiary/aromatic N) is 8. The number of aromatic amines is 5. The van der Waals surface area contributed by atoms with E-state index in [1.807, 2.05) is 174 Å². The van der Waals surface area contributed by atoms with Gasteiger partial charge in [-0.2, -0.15) is 0 Å². The number of benzene rings is 5. The molecule has 5 aromatic heterocycles. The van der Waals surface area contributed by atoms with Crippen LogP contribution in [0.5, 0.6) is 23.0 Å². The first kappa shape index (κ1) is 91.9. The number of H-pyrrole nitrogens is 5. The molecule has 0 aliphatic carbocycles. The van der Waals surface area contributed by atoms with Crippen molar-refractivity contribution in [3.05, 3.63) is 351 Å². The smallest absolute Gasteiger partial charge is 0.253 e. The van der Waals surface area contributed by atoms with Crippen molar-refractivity contribution >= 4 is 70.5 Å². The van der Waals surface area contributed by atoms with Crippen LogP contribution in [0.1, 0.15) is 154 Å². The molecule has 0 spiro atoms. The van der Waals surface area contributed by atoms with Gasteiger partial charge in [-0.1, -0.05) is 24.3 Å². The molecule has 5 aromatic carbocycles. The number of aryl methyl sites for hydroxylation is 11. The van der Waals surface area contributed by atoms with Crippen molar-refractivity contribution < 1.29 is 47.4 Å². The predicted molar refractivity (Wildman–Crippen MR) is 524 cm³/mol. The largest absolute Gasteiger partial charge is 0.496 e. The van der Waals surface area contributed by atoms with Crippen LogP contribution in [0, 0.1) is 76.2 Å². The lowest BCUT2D eigenvalue weighted by Crippen LogP contribution is -2.27. The highest BCUT2D eigenvalue weighted by Gasteiger charge is 2.27. The third-order valence-corrected chi connectivity index (χ3v) is 23.3. The number of nitrogens with one attached hydrogen (secondary N) is 5. The molecular formula is C107H119N13O10. The van der Waals surface area contributed by atoms with Crippen molar-refractivity contribution in [1.29, 1.82) is 0 Å². The second kappa shape index (κ2) is 42.1. The summed E-state index contributed by atoms with van der Waals surface area (Å²) in [6, 6.07) is 46.7. The molecule has 18 rings (SSSR count). The fourth-order valence-corrected chi connectivity index (χ4v) is 16.4. The van der Waals surface area contributed by atoms with Gasteiger partial charge in [-0.25, -0.2) is 25.0 Å². The van der Waals surface area contributed by atoms with E-state index in [2.05, 4.69) is 156 Å². The van der Waals surface area contributed by atoms with Gasteiger partial charge in [-0.15, -0.1) is 0 Å². The molecule has 672 valence electrons. The Morgan fingerprint density at radius 3 is 1.03 bits per heavy atom. The van der Waals surface area contributed by atoms with Gasteiger partial charge in [0, 0.05) is 160 Å². The number of rotatable bonds is 22. The minimum Gasteiger partial charge on any atom is -0.496 e. The first-order valence-corrected chi connectivity index (χ1v) is 44.1. The summed E-state index contributed by atoms with van der Waals surface area (Å²) >= 11 is 0. The van der Waals surface area contributed by atoms with E-state index >= 15 is 0 Å². The van der Waals surface area contributed by atoms with Gasteiger partial charge in [0.1, 0.15) is 88.6 Å². The van der Waals surface area contributed by atoms with Gasteiger partial charge in [0.15, 0.2) is 11.5 Å². The van der Waals surface area contributed by atoms with Gasteiger partial charge in [-0.3, -0.25) is 9.69 Å². The number of anilines is 1. The molecule has 2 fully saturated rings. The molecule has 0 bridgehead atoms. The molecule has 10 aromatic rings. The molecule has 0 atom stereocenters. The van der Waals surface area contributed by atoms with Crippen molar-refractivity contribution in [2.75, 3.05) is 114 Å². The Bertz CT molecular complexity index is 6330. The number of fused-ring (bicyclic) bond motifs is 1. The molecule has 1 amide bonds. The van der Waals surface area contributed by atoms with Crippen molar-refractivity contribution in [3.63, 3.8) is 0 Å². The molecule has 0 radical (unpaired) electrons. The molecule has 13 heterocycles. The Morgan fingerprint density at radius 1 is 0.369 bits per heavy atom. The van der Waals surface area contributed by atoms with Crippen LogP contribution in [0.25, 0.3) is 30.4 Å². The molecule has 5 N–H and O–H groups in total. The van der Waals surface area contributed by atoms with Crippen molar-refractivity contribution in [2.45, 2.75) is 102 Å². The Kier molecular flexibility index (Phi) is 29.7. The fraction of sp³-hybridized carbons (Fsp3) is 0.290. The SMILES string of the molecule is COC1=CC(c2ccc(C(=O)N3CCCC3)cc2)=N/C1=C\c1[nH]c(C)cc1C.COC1=CC(c2ccc(N(C)C)cc2)=N/C1=C\c1[nH]c(C)cc1C.COC1=CC(c2ccc(OC)c(C)c2)=N/C1=C\c1[nH]c(C)cc1C.COC1=CC(c2ccc(OCCN3CCCC3)cc2)=N/C1=C\c1[nH]c(C)cc1C.COC1=CC(c2ccc3c(c2)OCCO3)=N/C1=C\c1[nH]c(C)cc1C. The first-order valence-electron chi connectivity index (χ1n) is 44.1. The van der Waals surface area contributed by atoms with E-state index in [0.717, 1.165) is 244 Å². The summed E-state index contributed by atoms with van der Waals surface area (Å²) in [5.41, 5.74) is 33.5. The predicted octanol–water partition coefficient (Wildman–Crippen LogP) is 20.9. The number of allylic oxidation sites excluding steroid dienone is 5. The maximum atomic E-state index is 12.5. The quantitative estimate of drug-likeness (QED) is 0.0425. The number of hydrogen-bond acceptors (Lipinski definition) is 17.